The van der Waals surface area contributed by atoms with Crippen LogP contribution in [-0.4, -0.2) is 27.8 Å². The predicted molar refractivity (Wildman–Crippen MR) is 70.8 cm³/mol. The first kappa shape index (κ1) is 15.6. The molecule has 1 N–H and O–H groups in total. The van der Waals surface area contributed by atoms with Crippen molar-refractivity contribution in [3.63, 3.8) is 0 Å². The molecular weight excluding hydrogens is 331 g/mol. The van der Waals surface area contributed by atoms with E-state index in [4.69, 9.17) is 0 Å². The van der Waals surface area contributed by atoms with Crippen LogP contribution in [-0.2, 0) is 0 Å². The van der Waals surface area contributed by atoms with Gasteiger partial charge in [-0.15, -0.1) is 0 Å². The van der Waals surface area contributed by atoms with Crippen molar-refractivity contribution in [1.29, 1.82) is 0 Å². The van der Waals surface area contributed by atoms with Crippen molar-refractivity contribution in [2.45, 2.75) is 25.3 Å². The molecule has 0 aliphatic rings. The van der Waals surface area contributed by atoms with Gasteiger partial charge < -0.3 is 5.32 Å². The van der Waals surface area contributed by atoms with Gasteiger partial charge in [0.1, 0.15) is 16.2 Å². The van der Waals surface area contributed by atoms with Gasteiger partial charge in [0.05, 0.1) is 0 Å². The van der Waals surface area contributed by atoms with Gasteiger partial charge in [-0.25, -0.2) is 9.97 Å². The molecule has 0 aliphatic heterocycles. The SMILES string of the molecule is CC(C)c1nc(Br)cc(NCCSC(F)(F)F)n1. The summed E-state index contributed by atoms with van der Waals surface area (Å²) in [5, 5.41) is 2.85. The van der Waals surface area contributed by atoms with Crippen molar-refractivity contribution in [1.82, 2.24) is 9.97 Å². The van der Waals surface area contributed by atoms with Crippen LogP contribution in [0.3, 0.4) is 0 Å². The predicted octanol–water partition coefficient (Wildman–Crippen LogP) is 4.03. The van der Waals surface area contributed by atoms with E-state index in [1.807, 2.05) is 13.8 Å². The monoisotopic (exact) mass is 343 g/mol. The molecular formula is C10H13BrF3N3S. The van der Waals surface area contributed by atoms with E-state index in [0.717, 1.165) is 0 Å². The zero-order valence-corrected chi connectivity index (χ0v) is 12.3. The summed E-state index contributed by atoms with van der Waals surface area (Å²) in [5.41, 5.74) is -4.18. The lowest BCUT2D eigenvalue weighted by Gasteiger charge is -2.10. The van der Waals surface area contributed by atoms with Crippen LogP contribution < -0.4 is 5.32 Å². The summed E-state index contributed by atoms with van der Waals surface area (Å²) in [5.74, 6) is 1.29. The first-order valence-corrected chi connectivity index (χ1v) is 7.05. The van der Waals surface area contributed by atoms with Gasteiger partial charge in [0.2, 0.25) is 0 Å². The van der Waals surface area contributed by atoms with Crippen molar-refractivity contribution in [2.75, 3.05) is 17.6 Å². The van der Waals surface area contributed by atoms with Crippen molar-refractivity contribution in [2.24, 2.45) is 0 Å². The number of aromatic nitrogens is 2. The van der Waals surface area contributed by atoms with Gasteiger partial charge >= 0.3 is 5.51 Å². The number of thioether (sulfide) groups is 1. The molecule has 102 valence electrons. The summed E-state index contributed by atoms with van der Waals surface area (Å²) in [4.78, 5) is 8.41. The fourth-order valence-corrected chi connectivity index (χ4v) is 1.96. The molecule has 0 saturated heterocycles. The Morgan fingerprint density at radius 3 is 2.61 bits per heavy atom. The van der Waals surface area contributed by atoms with Crippen molar-refractivity contribution >= 4 is 33.5 Å². The number of anilines is 1. The molecule has 0 bridgehead atoms. The van der Waals surface area contributed by atoms with Crippen LogP contribution in [0.15, 0.2) is 10.7 Å². The van der Waals surface area contributed by atoms with Crippen molar-refractivity contribution in [3.8, 4) is 0 Å². The summed E-state index contributed by atoms with van der Waals surface area (Å²) in [6, 6.07) is 1.64. The number of rotatable bonds is 5. The Morgan fingerprint density at radius 2 is 2.06 bits per heavy atom. The summed E-state index contributed by atoms with van der Waals surface area (Å²) < 4.78 is 36.4. The van der Waals surface area contributed by atoms with Crippen LogP contribution in [0.25, 0.3) is 0 Å². The van der Waals surface area contributed by atoms with Crippen LogP contribution in [0.2, 0.25) is 0 Å². The molecule has 1 aromatic rings. The molecule has 8 heteroatoms. The molecule has 0 aliphatic carbocycles. The third kappa shape index (κ3) is 5.90. The molecule has 0 atom stereocenters. The zero-order chi connectivity index (χ0) is 13.8. The number of hydrogen-bond acceptors (Lipinski definition) is 4. The smallest absolute Gasteiger partial charge is 0.369 e. The largest absolute Gasteiger partial charge is 0.441 e. The maximum absolute atomic E-state index is 11.9. The molecule has 0 aromatic carbocycles. The number of alkyl halides is 3. The highest BCUT2D eigenvalue weighted by atomic mass is 79.9. The van der Waals surface area contributed by atoms with E-state index in [1.165, 1.54) is 0 Å². The highest BCUT2D eigenvalue weighted by Gasteiger charge is 2.27. The lowest BCUT2D eigenvalue weighted by molar-refractivity contribution is -0.0327. The summed E-state index contributed by atoms with van der Waals surface area (Å²) in [7, 11) is 0. The van der Waals surface area contributed by atoms with Gasteiger partial charge in [0.15, 0.2) is 0 Å². The molecule has 0 spiro atoms. The Labute approximate surface area is 116 Å². The first-order valence-electron chi connectivity index (χ1n) is 5.27. The maximum Gasteiger partial charge on any atom is 0.441 e. The van der Waals surface area contributed by atoms with Gasteiger partial charge in [-0.1, -0.05) is 13.8 Å². The minimum atomic E-state index is -4.18. The summed E-state index contributed by atoms with van der Waals surface area (Å²) in [6.07, 6.45) is 0. The highest BCUT2D eigenvalue weighted by molar-refractivity contribution is 9.10. The molecule has 0 fully saturated rings. The van der Waals surface area contributed by atoms with E-state index in [-0.39, 0.29) is 30.0 Å². The van der Waals surface area contributed by atoms with Crippen LogP contribution >= 0.6 is 27.7 Å². The number of nitrogens with one attached hydrogen (secondary N) is 1. The Kier molecular flexibility index (Phi) is 5.71. The zero-order valence-electron chi connectivity index (χ0n) is 9.88. The number of nitrogens with zero attached hydrogens (tertiary/aromatic N) is 2. The van der Waals surface area contributed by atoms with Crippen molar-refractivity contribution < 1.29 is 13.2 Å². The Hall–Kier alpha value is -0.500. The van der Waals surface area contributed by atoms with Gasteiger partial charge in [0, 0.05) is 24.3 Å². The minimum absolute atomic E-state index is 0.0501. The fraction of sp³-hybridized carbons (Fsp3) is 0.600. The summed E-state index contributed by atoms with van der Waals surface area (Å²) in [6.45, 7) is 4.10. The molecule has 0 saturated carbocycles. The van der Waals surface area contributed by atoms with Gasteiger partial charge in [-0.2, -0.15) is 13.2 Å². The average molecular weight is 344 g/mol. The Balaban J connectivity index is 2.52. The molecule has 0 radical (unpaired) electrons. The lowest BCUT2D eigenvalue weighted by atomic mass is 10.2. The molecule has 1 heterocycles. The van der Waals surface area contributed by atoms with E-state index in [1.54, 1.807) is 6.07 Å². The Bertz CT molecular complexity index is 398. The number of halogens is 4. The standard InChI is InChI=1S/C10H13BrF3N3S/c1-6(2)9-16-7(11)5-8(17-9)15-3-4-18-10(12,13)14/h5-6H,3-4H2,1-2H3,(H,15,16,17). The van der Waals surface area contributed by atoms with E-state index in [0.29, 0.717) is 16.2 Å². The minimum Gasteiger partial charge on any atom is -0.369 e. The maximum atomic E-state index is 11.9. The van der Waals surface area contributed by atoms with Crippen molar-refractivity contribution in [3.05, 3.63) is 16.5 Å². The normalized spacial score (nSPS) is 11.9. The average Bonchev–Trinajstić information content (AvgIpc) is 2.22. The highest BCUT2D eigenvalue weighted by Crippen LogP contribution is 2.29. The van der Waals surface area contributed by atoms with Gasteiger partial charge in [-0.3, -0.25) is 0 Å². The molecule has 0 unspecified atom stereocenters. The van der Waals surface area contributed by atoms with E-state index < -0.39 is 5.51 Å². The van der Waals surface area contributed by atoms with Crippen LogP contribution in [0, 0.1) is 0 Å². The second kappa shape index (κ2) is 6.60. The molecule has 1 aromatic heterocycles. The second-order valence-corrected chi connectivity index (χ2v) is 5.78. The quantitative estimate of drug-likeness (QED) is 0.647. The number of hydrogen-bond donors (Lipinski definition) is 1. The first-order chi connectivity index (χ1) is 8.28. The molecule has 3 nitrogen and oxygen atoms in total. The van der Waals surface area contributed by atoms with E-state index in [9.17, 15) is 13.2 Å². The molecule has 1 rings (SSSR count). The second-order valence-electron chi connectivity index (χ2n) is 3.81. The van der Waals surface area contributed by atoms with Crippen LogP contribution in [0.4, 0.5) is 19.0 Å². The third-order valence-corrected chi connectivity index (χ3v) is 3.04. The summed E-state index contributed by atoms with van der Waals surface area (Å²) >= 11 is 3.20. The molecule has 0 amide bonds. The van der Waals surface area contributed by atoms with Gasteiger partial charge in [-0.05, 0) is 27.7 Å². The van der Waals surface area contributed by atoms with E-state index >= 15 is 0 Å². The fourth-order valence-electron chi connectivity index (χ4n) is 1.13. The lowest BCUT2D eigenvalue weighted by Crippen LogP contribution is -2.11. The topological polar surface area (TPSA) is 37.8 Å². The molecule has 18 heavy (non-hydrogen) atoms. The Morgan fingerprint density at radius 1 is 1.39 bits per heavy atom. The third-order valence-electron chi connectivity index (χ3n) is 1.90. The van der Waals surface area contributed by atoms with Gasteiger partial charge in [0.25, 0.3) is 0 Å². The van der Waals surface area contributed by atoms with Crippen LogP contribution in [0.1, 0.15) is 25.6 Å². The van der Waals surface area contributed by atoms with Crippen LogP contribution in [0.5, 0.6) is 0 Å². The van der Waals surface area contributed by atoms with E-state index in [2.05, 4.69) is 31.2 Å².